The number of esters is 2. The first kappa shape index (κ1) is 15.7. The molecule has 0 aromatic rings. The van der Waals surface area contributed by atoms with Crippen LogP contribution in [0.15, 0.2) is 0 Å². The Morgan fingerprint density at radius 3 is 2.50 bits per heavy atom. The van der Waals surface area contributed by atoms with Crippen LogP contribution in [0.4, 0.5) is 0 Å². The van der Waals surface area contributed by atoms with Crippen molar-refractivity contribution in [2.45, 2.75) is 51.4 Å². The average Bonchev–Trinajstić information content (AvgIpc) is 3.05. The fourth-order valence-corrected chi connectivity index (χ4v) is 3.94. The van der Waals surface area contributed by atoms with Gasteiger partial charge >= 0.3 is 11.9 Å². The predicted octanol–water partition coefficient (Wildman–Crippen LogP) is 0.572. The van der Waals surface area contributed by atoms with Crippen molar-refractivity contribution in [3.05, 3.63) is 0 Å². The molecule has 0 spiro atoms. The Morgan fingerprint density at radius 1 is 1.14 bits per heavy atom. The number of hydrogen-bond donors (Lipinski definition) is 1. The molecule has 1 N–H and O–H groups in total. The Bertz CT molecular complexity index is 477. The number of nitrogens with zero attached hydrogens (tertiary/aromatic N) is 1. The molecule has 3 saturated heterocycles. The first-order valence-electron chi connectivity index (χ1n) is 8.16. The maximum absolute atomic E-state index is 12.4. The third kappa shape index (κ3) is 2.42. The van der Waals surface area contributed by atoms with E-state index in [0.29, 0.717) is 6.61 Å². The summed E-state index contributed by atoms with van der Waals surface area (Å²) in [6.45, 7) is 6.93. The van der Waals surface area contributed by atoms with Crippen LogP contribution in [0.1, 0.15) is 33.6 Å². The quantitative estimate of drug-likeness (QED) is 0.659. The van der Waals surface area contributed by atoms with E-state index < -0.39 is 29.4 Å². The molecule has 6 atom stereocenters. The van der Waals surface area contributed by atoms with E-state index in [4.69, 9.17) is 9.47 Å². The number of aliphatic hydroxyl groups is 1. The fraction of sp³-hybridized carbons (Fsp3) is 0.875. The number of rotatable bonds is 0. The zero-order chi connectivity index (χ0) is 16.1. The van der Waals surface area contributed by atoms with E-state index in [2.05, 4.69) is 4.90 Å². The predicted molar refractivity (Wildman–Crippen MR) is 77.9 cm³/mol. The smallest absolute Gasteiger partial charge is 0.311 e. The molecule has 6 nitrogen and oxygen atoms in total. The first-order valence-corrected chi connectivity index (χ1v) is 8.16. The van der Waals surface area contributed by atoms with Gasteiger partial charge in [-0.15, -0.1) is 0 Å². The number of hydrogen-bond acceptors (Lipinski definition) is 6. The first-order chi connectivity index (χ1) is 10.3. The molecule has 3 fully saturated rings. The Hall–Kier alpha value is -1.14. The highest BCUT2D eigenvalue weighted by atomic mass is 16.6. The van der Waals surface area contributed by atoms with Crippen LogP contribution >= 0.6 is 0 Å². The number of carbonyl (C=O) groups is 2. The number of ether oxygens (including phenoxy) is 2. The van der Waals surface area contributed by atoms with Gasteiger partial charge in [0.1, 0.15) is 6.10 Å². The van der Waals surface area contributed by atoms with Gasteiger partial charge in [-0.05, 0) is 40.2 Å². The molecular formula is C16H25NO5. The normalized spacial score (nSPS) is 46.6. The van der Waals surface area contributed by atoms with Crippen LogP contribution in [0.3, 0.4) is 0 Å². The van der Waals surface area contributed by atoms with Crippen LogP contribution in [-0.4, -0.2) is 59.4 Å². The van der Waals surface area contributed by atoms with Gasteiger partial charge in [-0.25, -0.2) is 0 Å². The van der Waals surface area contributed by atoms with E-state index in [-0.39, 0.29) is 18.1 Å². The molecule has 0 bridgehead atoms. The molecule has 0 aromatic heterocycles. The fourth-order valence-electron chi connectivity index (χ4n) is 3.94. The minimum atomic E-state index is -1.48. The summed E-state index contributed by atoms with van der Waals surface area (Å²) >= 11 is 0. The highest BCUT2D eigenvalue weighted by Crippen LogP contribution is 2.37. The monoisotopic (exact) mass is 311 g/mol. The zero-order valence-electron chi connectivity index (χ0n) is 13.4. The van der Waals surface area contributed by atoms with E-state index in [0.717, 1.165) is 25.9 Å². The molecule has 0 amide bonds. The van der Waals surface area contributed by atoms with E-state index in [1.807, 2.05) is 0 Å². The SMILES string of the molecule is CC1C(=O)OC[C@@H]2CCN3CC[C@@H](OC(=O)C(C)C1(C)O)[C@@H]23. The van der Waals surface area contributed by atoms with Crippen molar-refractivity contribution in [1.29, 1.82) is 0 Å². The Balaban J connectivity index is 1.89. The number of cyclic esters (lactones) is 1. The topological polar surface area (TPSA) is 76.1 Å². The van der Waals surface area contributed by atoms with Crippen LogP contribution in [0.2, 0.25) is 0 Å². The van der Waals surface area contributed by atoms with Crippen LogP contribution in [-0.2, 0) is 19.1 Å². The summed E-state index contributed by atoms with van der Waals surface area (Å²) in [5.41, 5.74) is -1.48. The van der Waals surface area contributed by atoms with Gasteiger partial charge < -0.3 is 14.6 Å². The van der Waals surface area contributed by atoms with Gasteiger partial charge in [0.2, 0.25) is 0 Å². The summed E-state index contributed by atoms with van der Waals surface area (Å²) in [6.07, 6.45) is 1.60. The lowest BCUT2D eigenvalue weighted by atomic mass is 9.80. The molecule has 3 rings (SSSR count). The van der Waals surface area contributed by atoms with Crippen LogP contribution in [0.5, 0.6) is 0 Å². The maximum Gasteiger partial charge on any atom is 0.311 e. The largest absolute Gasteiger partial charge is 0.465 e. The van der Waals surface area contributed by atoms with Crippen LogP contribution < -0.4 is 0 Å². The van der Waals surface area contributed by atoms with Crippen LogP contribution in [0.25, 0.3) is 0 Å². The molecule has 0 aliphatic carbocycles. The third-order valence-electron chi connectivity index (χ3n) is 5.94. The van der Waals surface area contributed by atoms with Gasteiger partial charge in [-0.2, -0.15) is 0 Å². The highest BCUT2D eigenvalue weighted by Gasteiger charge is 2.50. The summed E-state index contributed by atoms with van der Waals surface area (Å²) in [6, 6.07) is 0.141. The Labute approximate surface area is 130 Å². The molecule has 3 heterocycles. The molecule has 0 radical (unpaired) electrons. The van der Waals surface area contributed by atoms with Gasteiger partial charge in [0, 0.05) is 12.5 Å². The van der Waals surface area contributed by atoms with Crippen molar-refractivity contribution in [2.24, 2.45) is 17.8 Å². The standard InChI is InChI=1S/C16H25NO5/c1-9-14(18)21-8-11-4-6-17-7-5-12(13(11)17)22-15(19)10(2)16(9,3)20/h9-13,20H,4-8H2,1-3H3/t9?,10?,11-,12+,13+,16?/m0/s1. The molecule has 124 valence electrons. The lowest BCUT2D eigenvalue weighted by molar-refractivity contribution is -0.171. The Kier molecular flexibility index (Phi) is 3.93. The molecule has 3 aliphatic heterocycles. The lowest BCUT2D eigenvalue weighted by Gasteiger charge is -2.33. The summed E-state index contributed by atoms with van der Waals surface area (Å²) in [7, 11) is 0. The zero-order valence-corrected chi connectivity index (χ0v) is 13.4. The molecule has 3 aliphatic rings. The molecule has 6 heteroatoms. The molecule has 0 saturated carbocycles. The average molecular weight is 311 g/mol. The second kappa shape index (κ2) is 5.49. The van der Waals surface area contributed by atoms with Gasteiger partial charge in [0.15, 0.2) is 0 Å². The van der Waals surface area contributed by atoms with Crippen molar-refractivity contribution in [3.63, 3.8) is 0 Å². The number of carbonyl (C=O) groups excluding carboxylic acids is 2. The van der Waals surface area contributed by atoms with E-state index in [1.165, 1.54) is 6.92 Å². The van der Waals surface area contributed by atoms with Crippen molar-refractivity contribution in [2.75, 3.05) is 19.7 Å². The van der Waals surface area contributed by atoms with Crippen molar-refractivity contribution >= 4 is 11.9 Å². The maximum atomic E-state index is 12.4. The van der Waals surface area contributed by atoms with Crippen molar-refractivity contribution < 1.29 is 24.2 Å². The minimum Gasteiger partial charge on any atom is -0.465 e. The summed E-state index contributed by atoms with van der Waals surface area (Å²) in [4.78, 5) is 27.0. The second-order valence-corrected chi connectivity index (χ2v) is 7.14. The summed E-state index contributed by atoms with van der Waals surface area (Å²) in [5, 5.41) is 10.6. The lowest BCUT2D eigenvalue weighted by Crippen LogP contribution is -2.48. The Morgan fingerprint density at radius 2 is 1.77 bits per heavy atom. The van der Waals surface area contributed by atoms with Crippen molar-refractivity contribution in [3.8, 4) is 0 Å². The molecule has 0 aromatic carbocycles. The molecular weight excluding hydrogens is 286 g/mol. The van der Waals surface area contributed by atoms with E-state index in [1.54, 1.807) is 13.8 Å². The highest BCUT2D eigenvalue weighted by molar-refractivity contribution is 5.78. The third-order valence-corrected chi connectivity index (χ3v) is 5.94. The van der Waals surface area contributed by atoms with Gasteiger partial charge in [-0.3, -0.25) is 14.5 Å². The molecule has 3 unspecified atom stereocenters. The van der Waals surface area contributed by atoms with E-state index in [9.17, 15) is 14.7 Å². The van der Waals surface area contributed by atoms with E-state index >= 15 is 0 Å². The van der Waals surface area contributed by atoms with Gasteiger partial charge in [0.25, 0.3) is 0 Å². The summed E-state index contributed by atoms with van der Waals surface area (Å²) < 4.78 is 11.2. The summed E-state index contributed by atoms with van der Waals surface area (Å²) in [5.74, 6) is -2.22. The molecule has 22 heavy (non-hydrogen) atoms. The van der Waals surface area contributed by atoms with Crippen molar-refractivity contribution in [1.82, 2.24) is 4.90 Å². The minimum absolute atomic E-state index is 0.141. The van der Waals surface area contributed by atoms with Gasteiger partial charge in [0.05, 0.1) is 30.1 Å². The second-order valence-electron chi connectivity index (χ2n) is 7.14. The van der Waals surface area contributed by atoms with Crippen LogP contribution in [0, 0.1) is 17.8 Å². The van der Waals surface area contributed by atoms with Gasteiger partial charge in [-0.1, -0.05) is 0 Å².